The van der Waals surface area contributed by atoms with Crippen molar-refractivity contribution in [1.82, 2.24) is 5.32 Å². The number of furan rings is 1. The van der Waals surface area contributed by atoms with E-state index in [1.807, 2.05) is 32.0 Å². The van der Waals surface area contributed by atoms with Gasteiger partial charge in [-0.3, -0.25) is 4.79 Å². The van der Waals surface area contributed by atoms with Gasteiger partial charge < -0.3 is 15.5 Å². The lowest BCUT2D eigenvalue weighted by atomic mass is 10.0. The molecule has 20 heavy (non-hydrogen) atoms. The molecule has 0 aliphatic rings. The topological polar surface area (TPSA) is 68.3 Å². The number of hydrogen-bond donors (Lipinski definition) is 2. The maximum Gasteiger partial charge on any atom is 0.218 e. The Hall–Kier alpha value is -1.81. The molecule has 1 amide bonds. The number of carbonyl (C=O) groups is 1. The largest absolute Gasteiger partial charge is 0.459 e. The first-order valence-electron chi connectivity index (χ1n) is 7.07. The van der Waals surface area contributed by atoms with Gasteiger partial charge in [0.05, 0.1) is 6.04 Å². The van der Waals surface area contributed by atoms with Crippen LogP contribution in [0.15, 0.2) is 28.7 Å². The van der Waals surface area contributed by atoms with Gasteiger partial charge >= 0.3 is 0 Å². The van der Waals surface area contributed by atoms with Crippen LogP contribution in [0.3, 0.4) is 0 Å². The fourth-order valence-corrected chi connectivity index (χ4v) is 2.70. The summed E-state index contributed by atoms with van der Waals surface area (Å²) in [6.45, 7) is 6.13. The summed E-state index contributed by atoms with van der Waals surface area (Å²) < 4.78 is 5.98. The summed E-state index contributed by atoms with van der Waals surface area (Å²) in [5, 5.41) is 4.54. The third-order valence-corrected chi connectivity index (χ3v) is 3.52. The summed E-state index contributed by atoms with van der Waals surface area (Å²) >= 11 is 0. The van der Waals surface area contributed by atoms with Crippen LogP contribution in [0.1, 0.15) is 44.6 Å². The van der Waals surface area contributed by atoms with Crippen LogP contribution in [-0.4, -0.2) is 11.9 Å². The number of para-hydroxylation sites is 1. The molecule has 108 valence electrons. The molecule has 0 aliphatic carbocycles. The number of hydrogen-bond acceptors (Lipinski definition) is 3. The van der Waals surface area contributed by atoms with Crippen molar-refractivity contribution in [3.8, 4) is 0 Å². The van der Waals surface area contributed by atoms with Gasteiger partial charge in [-0.2, -0.15) is 0 Å². The van der Waals surface area contributed by atoms with E-state index in [1.165, 1.54) is 10.9 Å². The Morgan fingerprint density at radius 3 is 2.70 bits per heavy atom. The standard InChI is InChI=1S/C16H22N2O2/c1-4-12-13-7-5-6-8-14(13)20-16(12)11(3)18-10(2)9-15(17)19/h5-8,10-11,18H,4,9H2,1-3H3,(H2,17,19). The van der Waals surface area contributed by atoms with Gasteiger partial charge in [-0.05, 0) is 26.3 Å². The van der Waals surface area contributed by atoms with Gasteiger partial charge in [-0.1, -0.05) is 25.1 Å². The van der Waals surface area contributed by atoms with E-state index < -0.39 is 0 Å². The van der Waals surface area contributed by atoms with E-state index in [9.17, 15) is 4.79 Å². The Balaban J connectivity index is 2.25. The average Bonchev–Trinajstić information content (AvgIpc) is 2.76. The van der Waals surface area contributed by atoms with E-state index in [-0.39, 0.29) is 18.0 Å². The first-order chi connectivity index (χ1) is 9.52. The monoisotopic (exact) mass is 274 g/mol. The Kier molecular flexibility index (Phi) is 4.45. The number of aryl methyl sites for hydroxylation is 1. The molecular weight excluding hydrogens is 252 g/mol. The Bertz CT molecular complexity index is 604. The van der Waals surface area contributed by atoms with Crippen LogP contribution in [0.25, 0.3) is 11.0 Å². The van der Waals surface area contributed by atoms with Crippen molar-refractivity contribution in [1.29, 1.82) is 0 Å². The number of nitrogens with two attached hydrogens (primary N) is 1. The predicted molar refractivity (Wildman–Crippen MR) is 80.4 cm³/mol. The zero-order valence-electron chi connectivity index (χ0n) is 12.3. The second-order valence-corrected chi connectivity index (χ2v) is 5.25. The van der Waals surface area contributed by atoms with Crippen LogP contribution in [0.2, 0.25) is 0 Å². The van der Waals surface area contributed by atoms with Crippen molar-refractivity contribution in [3.05, 3.63) is 35.6 Å². The third kappa shape index (κ3) is 3.02. The van der Waals surface area contributed by atoms with E-state index in [0.29, 0.717) is 6.42 Å². The lowest BCUT2D eigenvalue weighted by Crippen LogP contribution is -2.33. The van der Waals surface area contributed by atoms with Gasteiger partial charge in [0.25, 0.3) is 0 Å². The van der Waals surface area contributed by atoms with E-state index in [4.69, 9.17) is 10.2 Å². The highest BCUT2D eigenvalue weighted by molar-refractivity contribution is 5.82. The number of primary amides is 1. The normalized spacial score (nSPS) is 14.3. The Morgan fingerprint density at radius 2 is 2.05 bits per heavy atom. The lowest BCUT2D eigenvalue weighted by molar-refractivity contribution is -0.118. The van der Waals surface area contributed by atoms with Crippen molar-refractivity contribution in [2.24, 2.45) is 5.73 Å². The summed E-state index contributed by atoms with van der Waals surface area (Å²) in [6.07, 6.45) is 1.24. The number of benzene rings is 1. The highest BCUT2D eigenvalue weighted by atomic mass is 16.3. The fourth-order valence-electron chi connectivity index (χ4n) is 2.70. The molecule has 2 rings (SSSR count). The second-order valence-electron chi connectivity index (χ2n) is 5.25. The molecule has 2 aromatic rings. The van der Waals surface area contributed by atoms with Crippen LogP contribution >= 0.6 is 0 Å². The molecule has 2 atom stereocenters. The first kappa shape index (κ1) is 14.6. The number of fused-ring (bicyclic) bond motifs is 1. The summed E-state index contributed by atoms with van der Waals surface area (Å²) in [6, 6.07) is 8.14. The minimum atomic E-state index is -0.294. The second kappa shape index (κ2) is 6.09. The van der Waals surface area contributed by atoms with E-state index in [2.05, 4.69) is 18.3 Å². The van der Waals surface area contributed by atoms with E-state index in [1.54, 1.807) is 0 Å². The zero-order chi connectivity index (χ0) is 14.7. The van der Waals surface area contributed by atoms with Crippen LogP contribution in [0, 0.1) is 0 Å². The highest BCUT2D eigenvalue weighted by Crippen LogP contribution is 2.30. The van der Waals surface area contributed by atoms with Gasteiger partial charge in [-0.25, -0.2) is 0 Å². The molecule has 0 radical (unpaired) electrons. The summed E-state index contributed by atoms with van der Waals surface area (Å²) in [5.74, 6) is 0.655. The number of carbonyl (C=O) groups excluding carboxylic acids is 1. The van der Waals surface area contributed by atoms with Crippen molar-refractivity contribution < 1.29 is 9.21 Å². The van der Waals surface area contributed by atoms with Crippen molar-refractivity contribution in [2.75, 3.05) is 0 Å². The minimum absolute atomic E-state index is 0.0282. The van der Waals surface area contributed by atoms with Gasteiger partial charge in [-0.15, -0.1) is 0 Å². The van der Waals surface area contributed by atoms with Gasteiger partial charge in [0.2, 0.25) is 5.91 Å². The molecule has 0 aliphatic heterocycles. The Labute approximate surface area is 119 Å². The third-order valence-electron chi connectivity index (χ3n) is 3.52. The maximum atomic E-state index is 11.0. The Morgan fingerprint density at radius 1 is 1.35 bits per heavy atom. The molecule has 1 aromatic heterocycles. The summed E-state index contributed by atoms with van der Waals surface area (Å²) in [5.41, 5.74) is 7.36. The lowest BCUT2D eigenvalue weighted by Gasteiger charge is -2.18. The molecule has 0 fully saturated rings. The van der Waals surface area contributed by atoms with Crippen LogP contribution in [0.4, 0.5) is 0 Å². The zero-order valence-corrected chi connectivity index (χ0v) is 12.3. The molecule has 0 saturated carbocycles. The molecule has 4 heteroatoms. The average molecular weight is 274 g/mol. The predicted octanol–water partition coefficient (Wildman–Crippen LogP) is 2.91. The summed E-state index contributed by atoms with van der Waals surface area (Å²) in [7, 11) is 0. The number of amides is 1. The molecular formula is C16H22N2O2. The van der Waals surface area contributed by atoms with Gasteiger partial charge in [0, 0.05) is 23.4 Å². The quantitative estimate of drug-likeness (QED) is 0.851. The fraction of sp³-hybridized carbons (Fsp3) is 0.438. The van der Waals surface area contributed by atoms with Crippen molar-refractivity contribution in [2.45, 2.75) is 45.7 Å². The molecule has 1 aromatic carbocycles. The SMILES string of the molecule is CCc1c(C(C)NC(C)CC(N)=O)oc2ccccc12. The van der Waals surface area contributed by atoms with Gasteiger partial charge in [0.1, 0.15) is 11.3 Å². The van der Waals surface area contributed by atoms with Crippen LogP contribution in [0.5, 0.6) is 0 Å². The van der Waals surface area contributed by atoms with Crippen LogP contribution in [-0.2, 0) is 11.2 Å². The molecule has 1 heterocycles. The molecule has 0 saturated heterocycles. The molecule has 0 spiro atoms. The first-order valence-corrected chi connectivity index (χ1v) is 7.07. The molecule has 2 unspecified atom stereocenters. The van der Waals surface area contributed by atoms with Crippen molar-refractivity contribution in [3.63, 3.8) is 0 Å². The molecule has 0 bridgehead atoms. The molecule has 3 N–H and O–H groups in total. The smallest absolute Gasteiger partial charge is 0.218 e. The highest BCUT2D eigenvalue weighted by Gasteiger charge is 2.19. The number of rotatable bonds is 6. The van der Waals surface area contributed by atoms with E-state index in [0.717, 1.165) is 17.8 Å². The summed E-state index contributed by atoms with van der Waals surface area (Å²) in [4.78, 5) is 11.0. The minimum Gasteiger partial charge on any atom is -0.459 e. The molecule has 4 nitrogen and oxygen atoms in total. The van der Waals surface area contributed by atoms with Crippen LogP contribution < -0.4 is 11.1 Å². The maximum absolute atomic E-state index is 11.0. The number of nitrogens with one attached hydrogen (secondary N) is 1. The van der Waals surface area contributed by atoms with Gasteiger partial charge in [0.15, 0.2) is 0 Å². The van der Waals surface area contributed by atoms with E-state index >= 15 is 0 Å². The van der Waals surface area contributed by atoms with Crippen molar-refractivity contribution >= 4 is 16.9 Å².